The van der Waals surface area contributed by atoms with Gasteiger partial charge in [-0.3, -0.25) is 0 Å². The Balaban J connectivity index is 1.89. The predicted molar refractivity (Wildman–Crippen MR) is 135 cm³/mol. The summed E-state index contributed by atoms with van der Waals surface area (Å²) >= 11 is 1.69. The van der Waals surface area contributed by atoms with Gasteiger partial charge < -0.3 is 8.83 Å². The van der Waals surface area contributed by atoms with Gasteiger partial charge in [0.1, 0.15) is 15.9 Å². The zero-order valence-electron chi connectivity index (χ0n) is 17.7. The fraction of sp³-hybridized carbons (Fsp3) is 0.0741. The molecule has 5 aromatic rings. The average molecular weight is 457 g/mol. The van der Waals surface area contributed by atoms with Crippen LogP contribution < -0.4 is 21.3 Å². The van der Waals surface area contributed by atoms with Crippen LogP contribution >= 0.6 is 19.0 Å². The lowest BCUT2D eigenvalue weighted by molar-refractivity contribution is 0.462. The number of oxazole rings is 1. The molecule has 32 heavy (non-hydrogen) atoms. The monoisotopic (exact) mass is 456 g/mol. The summed E-state index contributed by atoms with van der Waals surface area (Å²) in [7, 11) is -2.32. The van der Waals surface area contributed by atoms with E-state index in [0.29, 0.717) is 11.7 Å². The van der Waals surface area contributed by atoms with Gasteiger partial charge >= 0.3 is 0 Å². The average Bonchev–Trinajstić information content (AvgIpc) is 3.53. The molecule has 2 heterocycles. The molecule has 158 valence electrons. The van der Waals surface area contributed by atoms with Crippen molar-refractivity contribution in [1.29, 1.82) is 0 Å². The second-order valence-corrected chi connectivity index (χ2v) is 11.8. The standard InChI is InChI=1S/C27H23NO2PS/c1-2-32-27-26(28-25(30-27)24-19-12-20-29-24)31(21-13-6-3-7-14-21,22-15-8-4-9-16-22)23-17-10-5-11-18-23/h3-20H,2H2,1H3/q+1. The molecule has 0 saturated carbocycles. The third-order valence-corrected chi connectivity index (χ3v) is 10.5. The summed E-state index contributed by atoms with van der Waals surface area (Å²) in [5.74, 6) is 2.05. The molecule has 0 saturated heterocycles. The number of aromatic nitrogens is 1. The lowest BCUT2D eigenvalue weighted by Gasteiger charge is -2.25. The maximum absolute atomic E-state index is 6.36. The molecular weight excluding hydrogens is 433 g/mol. The lowest BCUT2D eigenvalue weighted by Crippen LogP contribution is -2.40. The minimum Gasteiger partial charge on any atom is -0.459 e. The zero-order valence-corrected chi connectivity index (χ0v) is 19.4. The van der Waals surface area contributed by atoms with Crippen LogP contribution in [0.2, 0.25) is 0 Å². The highest BCUT2D eigenvalue weighted by Gasteiger charge is 2.53. The predicted octanol–water partition coefficient (Wildman–Crippen LogP) is 5.67. The number of hydrogen-bond acceptors (Lipinski definition) is 4. The minimum atomic E-state index is -2.32. The van der Waals surface area contributed by atoms with Gasteiger partial charge in [0.25, 0.3) is 11.3 Å². The van der Waals surface area contributed by atoms with Gasteiger partial charge in [-0.2, -0.15) is 4.98 Å². The quantitative estimate of drug-likeness (QED) is 0.234. The molecule has 5 heteroatoms. The van der Waals surface area contributed by atoms with Gasteiger partial charge in [-0.05, 0) is 54.3 Å². The summed E-state index contributed by atoms with van der Waals surface area (Å²) in [6.45, 7) is 2.14. The summed E-state index contributed by atoms with van der Waals surface area (Å²) in [6, 6.07) is 35.9. The molecule has 0 aliphatic carbocycles. The van der Waals surface area contributed by atoms with E-state index in [9.17, 15) is 0 Å². The lowest BCUT2D eigenvalue weighted by atomic mass is 10.4. The van der Waals surface area contributed by atoms with Crippen LogP contribution in [0.4, 0.5) is 0 Å². The Morgan fingerprint density at radius 1 is 0.719 bits per heavy atom. The van der Waals surface area contributed by atoms with Crippen molar-refractivity contribution in [2.24, 2.45) is 0 Å². The number of furan rings is 1. The maximum atomic E-state index is 6.36. The van der Waals surface area contributed by atoms with Crippen LogP contribution in [0.25, 0.3) is 11.7 Å². The molecule has 3 nitrogen and oxygen atoms in total. The van der Waals surface area contributed by atoms with Crippen LogP contribution in [-0.4, -0.2) is 10.7 Å². The van der Waals surface area contributed by atoms with E-state index in [1.54, 1.807) is 18.0 Å². The molecule has 0 fully saturated rings. The highest BCUT2D eigenvalue weighted by molar-refractivity contribution is 8.04. The van der Waals surface area contributed by atoms with E-state index in [-0.39, 0.29) is 0 Å². The third kappa shape index (κ3) is 3.60. The van der Waals surface area contributed by atoms with Crippen LogP contribution in [0, 0.1) is 0 Å². The normalized spacial score (nSPS) is 11.5. The first-order chi connectivity index (χ1) is 15.8. The Bertz CT molecular complexity index is 1170. The Morgan fingerprint density at radius 3 is 1.69 bits per heavy atom. The number of hydrogen-bond donors (Lipinski definition) is 0. The van der Waals surface area contributed by atoms with Crippen LogP contribution in [-0.2, 0) is 0 Å². The van der Waals surface area contributed by atoms with E-state index < -0.39 is 7.26 Å². The number of benzene rings is 3. The molecule has 0 bridgehead atoms. The molecule has 0 aliphatic heterocycles. The molecular formula is C27H23NO2PS+. The number of rotatable bonds is 7. The summed E-state index contributed by atoms with van der Waals surface area (Å²) < 4.78 is 12.0. The van der Waals surface area contributed by atoms with Gasteiger partial charge in [-0.1, -0.05) is 73.3 Å². The Labute approximate surface area is 192 Å². The van der Waals surface area contributed by atoms with Crippen molar-refractivity contribution in [2.75, 3.05) is 5.75 Å². The smallest absolute Gasteiger partial charge is 0.267 e. The van der Waals surface area contributed by atoms with Crippen molar-refractivity contribution in [3.63, 3.8) is 0 Å². The highest BCUT2D eigenvalue weighted by Crippen LogP contribution is 2.56. The summed E-state index contributed by atoms with van der Waals surface area (Å²) in [6.07, 6.45) is 1.65. The Hall–Kier alpha value is -3.07. The topological polar surface area (TPSA) is 39.2 Å². The van der Waals surface area contributed by atoms with E-state index in [2.05, 4.69) is 97.9 Å². The molecule has 0 aliphatic rings. The summed E-state index contributed by atoms with van der Waals surface area (Å²) in [4.78, 5) is 5.14. The third-order valence-electron chi connectivity index (χ3n) is 5.33. The Morgan fingerprint density at radius 2 is 1.25 bits per heavy atom. The zero-order chi connectivity index (χ0) is 21.8. The second-order valence-electron chi connectivity index (χ2n) is 7.22. The molecule has 0 radical (unpaired) electrons. The van der Waals surface area contributed by atoms with Crippen LogP contribution in [0.1, 0.15) is 6.92 Å². The van der Waals surface area contributed by atoms with Crippen LogP contribution in [0.15, 0.2) is 123 Å². The van der Waals surface area contributed by atoms with E-state index in [0.717, 1.165) is 16.3 Å². The van der Waals surface area contributed by atoms with Crippen molar-refractivity contribution in [1.82, 2.24) is 4.98 Å². The molecule has 0 spiro atoms. The minimum absolute atomic E-state index is 0.521. The molecule has 0 atom stereocenters. The van der Waals surface area contributed by atoms with Gasteiger partial charge in [0.15, 0.2) is 13.0 Å². The highest BCUT2D eigenvalue weighted by atomic mass is 32.2. The van der Waals surface area contributed by atoms with E-state index in [4.69, 9.17) is 13.8 Å². The van der Waals surface area contributed by atoms with Gasteiger partial charge in [0.05, 0.1) is 6.26 Å². The maximum Gasteiger partial charge on any atom is 0.267 e. The van der Waals surface area contributed by atoms with Crippen molar-refractivity contribution >= 4 is 40.4 Å². The molecule has 0 unspecified atom stereocenters. The van der Waals surface area contributed by atoms with Gasteiger partial charge in [0.2, 0.25) is 5.09 Å². The van der Waals surface area contributed by atoms with Crippen LogP contribution in [0.3, 0.4) is 0 Å². The fourth-order valence-electron chi connectivity index (χ4n) is 4.01. The molecule has 2 aromatic heterocycles. The molecule has 5 rings (SSSR count). The van der Waals surface area contributed by atoms with Crippen LogP contribution in [0.5, 0.6) is 0 Å². The molecule has 3 aromatic carbocycles. The Kier molecular flexibility index (Phi) is 5.98. The van der Waals surface area contributed by atoms with E-state index in [1.807, 2.05) is 12.1 Å². The van der Waals surface area contributed by atoms with Crippen molar-refractivity contribution in [2.45, 2.75) is 12.0 Å². The first kappa shape index (κ1) is 20.8. The van der Waals surface area contributed by atoms with Gasteiger partial charge in [-0.25, -0.2) is 0 Å². The first-order valence-corrected chi connectivity index (χ1v) is 13.4. The first-order valence-electron chi connectivity index (χ1n) is 10.6. The summed E-state index contributed by atoms with van der Waals surface area (Å²) in [5, 5.41) is 4.59. The fourth-order valence-corrected chi connectivity index (χ4v) is 9.24. The van der Waals surface area contributed by atoms with Gasteiger partial charge in [0, 0.05) is 0 Å². The van der Waals surface area contributed by atoms with E-state index >= 15 is 0 Å². The summed E-state index contributed by atoms with van der Waals surface area (Å²) in [5.41, 5.74) is 0.986. The SMILES string of the molecule is CCSc1oc(-c2ccco2)nc1[P+](c1ccccc1)(c1ccccc1)c1ccccc1. The van der Waals surface area contributed by atoms with Gasteiger partial charge in [-0.15, -0.1) is 0 Å². The van der Waals surface area contributed by atoms with Crippen molar-refractivity contribution in [3.05, 3.63) is 109 Å². The molecule has 0 amide bonds. The second kappa shape index (κ2) is 9.20. The largest absolute Gasteiger partial charge is 0.459 e. The number of nitrogens with zero attached hydrogens (tertiary/aromatic N) is 1. The molecule has 0 N–H and O–H groups in total. The number of thioether (sulfide) groups is 1. The van der Waals surface area contributed by atoms with Crippen molar-refractivity contribution in [3.8, 4) is 11.7 Å². The van der Waals surface area contributed by atoms with E-state index in [1.165, 1.54) is 15.9 Å². The van der Waals surface area contributed by atoms with Crippen molar-refractivity contribution < 1.29 is 8.83 Å².